The zero-order valence-corrected chi connectivity index (χ0v) is 25.0. The summed E-state index contributed by atoms with van der Waals surface area (Å²) in [6.45, 7) is 7.38. The number of hydrogen-bond donors (Lipinski definition) is 2. The molecule has 2 N–H and O–H groups in total. The van der Waals surface area contributed by atoms with Crippen molar-refractivity contribution in [2.45, 2.75) is 12.6 Å². The number of carbonyl (C=O) groups is 2. The van der Waals surface area contributed by atoms with Gasteiger partial charge in [-0.05, 0) is 56.4 Å². The Bertz CT molecular complexity index is 1470. The number of morpholine rings is 1. The number of rotatable bonds is 9. The highest BCUT2D eigenvalue weighted by Gasteiger charge is 2.35. The molecule has 2 fully saturated rings. The fourth-order valence-electron chi connectivity index (χ4n) is 5.14. The first-order valence-electron chi connectivity index (χ1n) is 14.3. The lowest BCUT2D eigenvalue weighted by Gasteiger charge is -2.35. The van der Waals surface area contributed by atoms with Crippen LogP contribution in [0.5, 0.6) is 0 Å². The molecule has 236 valence electrons. The van der Waals surface area contributed by atoms with Crippen LogP contribution in [0, 0.1) is 0 Å². The molecule has 3 heterocycles. The van der Waals surface area contributed by atoms with E-state index in [2.05, 4.69) is 35.6 Å². The summed E-state index contributed by atoms with van der Waals surface area (Å²) in [5, 5.41) is 13.5. The molecule has 44 heavy (non-hydrogen) atoms. The quantitative estimate of drug-likeness (QED) is 0.345. The Labute approximate surface area is 257 Å². The monoisotopic (exact) mass is 634 g/mol. The minimum absolute atomic E-state index is 0.112. The van der Waals surface area contributed by atoms with E-state index in [9.17, 15) is 22.8 Å². The number of hydrogen-bond acceptors (Lipinski definition) is 8. The fourth-order valence-corrected chi connectivity index (χ4v) is 5.31. The first-order chi connectivity index (χ1) is 21.1. The van der Waals surface area contributed by atoms with Crippen LogP contribution in [0.1, 0.15) is 32.8 Å². The van der Waals surface area contributed by atoms with E-state index in [4.69, 9.17) is 16.3 Å². The van der Waals surface area contributed by atoms with E-state index < -0.39 is 23.2 Å². The smallest absolute Gasteiger partial charge is 0.379 e. The average molecular weight is 635 g/mol. The van der Waals surface area contributed by atoms with Crippen LogP contribution in [0.25, 0.3) is 5.69 Å². The third kappa shape index (κ3) is 7.86. The molecule has 1 aromatic heterocycles. The summed E-state index contributed by atoms with van der Waals surface area (Å²) >= 11 is 5.81. The van der Waals surface area contributed by atoms with Crippen LogP contribution in [-0.2, 0) is 10.9 Å². The van der Waals surface area contributed by atoms with E-state index >= 15 is 0 Å². The highest BCUT2D eigenvalue weighted by atomic mass is 35.5. The number of piperazine rings is 1. The number of ether oxygens (including phenoxy) is 1. The SMILES string of the molecule is CN1CCN(c2ccc(-n3cc(C(=O)NCCCN4CCOCC4)nn3)cc2NC(=O)c2ccc(Cl)cc2C(F)(F)F)CC1. The van der Waals surface area contributed by atoms with Gasteiger partial charge in [0.05, 0.1) is 47.6 Å². The van der Waals surface area contributed by atoms with Crippen LogP contribution in [-0.4, -0.2) is 109 Å². The molecule has 2 amide bonds. The molecule has 0 atom stereocenters. The molecule has 0 aliphatic carbocycles. The van der Waals surface area contributed by atoms with Crippen molar-refractivity contribution in [2.75, 3.05) is 82.8 Å². The van der Waals surface area contributed by atoms with Crippen LogP contribution in [0.2, 0.25) is 5.02 Å². The number of anilines is 2. The lowest BCUT2D eigenvalue weighted by atomic mass is 10.1. The van der Waals surface area contributed by atoms with Crippen molar-refractivity contribution in [3.8, 4) is 5.69 Å². The zero-order valence-electron chi connectivity index (χ0n) is 24.2. The van der Waals surface area contributed by atoms with Gasteiger partial charge >= 0.3 is 6.18 Å². The predicted octanol–water partition coefficient (Wildman–Crippen LogP) is 3.40. The molecule has 2 aliphatic heterocycles. The molecule has 0 saturated carbocycles. The summed E-state index contributed by atoms with van der Waals surface area (Å²) in [7, 11) is 2.00. The summed E-state index contributed by atoms with van der Waals surface area (Å²) < 4.78 is 48.0. The number of alkyl halides is 3. The number of nitrogens with one attached hydrogen (secondary N) is 2. The van der Waals surface area contributed by atoms with Gasteiger partial charge in [-0.2, -0.15) is 13.2 Å². The van der Waals surface area contributed by atoms with E-state index in [1.54, 1.807) is 18.2 Å². The number of nitrogens with zero attached hydrogens (tertiary/aromatic N) is 6. The predicted molar refractivity (Wildman–Crippen MR) is 160 cm³/mol. The molecule has 2 aliphatic rings. The maximum absolute atomic E-state index is 13.8. The Balaban J connectivity index is 1.34. The number of aromatic nitrogens is 3. The second kappa shape index (κ2) is 13.9. The van der Waals surface area contributed by atoms with Gasteiger partial charge in [-0.1, -0.05) is 16.8 Å². The molecular weight excluding hydrogens is 601 g/mol. The largest absolute Gasteiger partial charge is 0.417 e. The van der Waals surface area contributed by atoms with Crippen LogP contribution in [0.4, 0.5) is 24.5 Å². The number of benzene rings is 2. The van der Waals surface area contributed by atoms with Crippen molar-refractivity contribution in [3.63, 3.8) is 0 Å². The van der Waals surface area contributed by atoms with Crippen molar-refractivity contribution in [3.05, 3.63) is 64.4 Å². The minimum atomic E-state index is -4.78. The fraction of sp³-hybridized carbons (Fsp3) is 0.448. The zero-order chi connectivity index (χ0) is 31.3. The van der Waals surface area contributed by atoms with Crippen LogP contribution < -0.4 is 15.5 Å². The molecule has 0 spiro atoms. The van der Waals surface area contributed by atoms with Crippen molar-refractivity contribution >= 4 is 34.8 Å². The Morgan fingerprint density at radius 1 is 1.00 bits per heavy atom. The van der Waals surface area contributed by atoms with Crippen molar-refractivity contribution < 1.29 is 27.5 Å². The minimum Gasteiger partial charge on any atom is -0.379 e. The Hall–Kier alpha value is -3.72. The lowest BCUT2D eigenvalue weighted by Crippen LogP contribution is -2.44. The molecule has 0 radical (unpaired) electrons. The summed E-state index contributed by atoms with van der Waals surface area (Å²) in [6, 6.07) is 8.17. The molecule has 0 unspecified atom stereocenters. The molecule has 11 nitrogen and oxygen atoms in total. The molecule has 3 aromatic rings. The summed E-state index contributed by atoms with van der Waals surface area (Å²) in [6.07, 6.45) is -2.53. The molecule has 2 saturated heterocycles. The maximum Gasteiger partial charge on any atom is 0.417 e. The molecule has 0 bridgehead atoms. The molecule has 15 heteroatoms. The van der Waals surface area contributed by atoms with Crippen LogP contribution in [0.15, 0.2) is 42.6 Å². The van der Waals surface area contributed by atoms with E-state index in [1.165, 1.54) is 16.9 Å². The van der Waals surface area contributed by atoms with Crippen molar-refractivity contribution in [1.29, 1.82) is 0 Å². The molecular formula is C29H34ClF3N8O3. The van der Waals surface area contributed by atoms with Crippen LogP contribution in [0.3, 0.4) is 0 Å². The Morgan fingerprint density at radius 3 is 2.48 bits per heavy atom. The average Bonchev–Trinajstić information content (AvgIpc) is 3.50. The van der Waals surface area contributed by atoms with E-state index in [-0.39, 0.29) is 16.6 Å². The number of amides is 2. The third-order valence-electron chi connectivity index (χ3n) is 7.63. The van der Waals surface area contributed by atoms with Gasteiger partial charge in [-0.25, -0.2) is 4.68 Å². The van der Waals surface area contributed by atoms with Gasteiger partial charge in [0.15, 0.2) is 5.69 Å². The molecule has 2 aromatic carbocycles. The standard InChI is InChI=1S/C29H34ClF3N8O3/c1-38-9-11-40(12-10-38)26-6-4-21(18-24(26)35-27(42)22-5-3-20(30)17-23(22)29(31,32)33)41-19-25(36-37-41)28(43)34-7-2-8-39-13-15-44-16-14-39/h3-6,17-19H,2,7-16H2,1H3,(H,34,43)(H,35,42). The van der Waals surface area contributed by atoms with Gasteiger partial charge < -0.3 is 25.2 Å². The van der Waals surface area contributed by atoms with Gasteiger partial charge in [0.25, 0.3) is 11.8 Å². The van der Waals surface area contributed by atoms with Gasteiger partial charge in [0.1, 0.15) is 0 Å². The highest BCUT2D eigenvalue weighted by molar-refractivity contribution is 6.30. The molecule has 5 rings (SSSR count). The summed E-state index contributed by atoms with van der Waals surface area (Å²) in [5.74, 6) is -1.31. The van der Waals surface area contributed by atoms with Crippen LogP contribution >= 0.6 is 11.6 Å². The second-order valence-electron chi connectivity index (χ2n) is 10.7. The Morgan fingerprint density at radius 2 is 1.75 bits per heavy atom. The number of likely N-dealkylation sites (N-methyl/N-ethyl adjacent to an activating group) is 1. The first-order valence-corrected chi connectivity index (χ1v) is 14.7. The highest BCUT2D eigenvalue weighted by Crippen LogP contribution is 2.35. The normalized spacial score (nSPS) is 16.6. The first kappa shape index (κ1) is 31.7. The van der Waals surface area contributed by atoms with Gasteiger partial charge in [0, 0.05) is 50.8 Å². The number of carbonyl (C=O) groups excluding carboxylic acids is 2. The lowest BCUT2D eigenvalue weighted by molar-refractivity contribution is -0.137. The maximum atomic E-state index is 13.8. The van der Waals surface area contributed by atoms with Gasteiger partial charge in [0.2, 0.25) is 0 Å². The van der Waals surface area contributed by atoms with Crippen molar-refractivity contribution in [1.82, 2.24) is 30.1 Å². The van der Waals surface area contributed by atoms with E-state index in [1.807, 2.05) is 7.05 Å². The Kier molecular flexibility index (Phi) is 10.0. The van der Waals surface area contributed by atoms with E-state index in [0.29, 0.717) is 49.9 Å². The second-order valence-corrected chi connectivity index (χ2v) is 11.2. The summed E-state index contributed by atoms with van der Waals surface area (Å²) in [5.41, 5.74) is -0.160. The summed E-state index contributed by atoms with van der Waals surface area (Å²) in [4.78, 5) is 32.5. The van der Waals surface area contributed by atoms with E-state index in [0.717, 1.165) is 51.3 Å². The van der Waals surface area contributed by atoms with Gasteiger partial charge in [-0.15, -0.1) is 5.10 Å². The number of halogens is 4. The van der Waals surface area contributed by atoms with Crippen molar-refractivity contribution in [2.24, 2.45) is 0 Å². The topological polar surface area (TPSA) is 108 Å². The third-order valence-corrected chi connectivity index (χ3v) is 7.87. The van der Waals surface area contributed by atoms with Gasteiger partial charge in [-0.3, -0.25) is 14.5 Å².